The summed E-state index contributed by atoms with van der Waals surface area (Å²) in [5.41, 5.74) is 5.06. The molecule has 0 radical (unpaired) electrons. The molecule has 0 bridgehead atoms. The Labute approximate surface area is 201 Å². The van der Waals surface area contributed by atoms with Crippen LogP contribution in [-0.2, 0) is 27.3 Å². The van der Waals surface area contributed by atoms with Gasteiger partial charge in [-0.25, -0.2) is 9.78 Å². The van der Waals surface area contributed by atoms with Crippen molar-refractivity contribution in [2.45, 2.75) is 25.8 Å². The molecule has 176 valence electrons. The average molecular weight is 480 g/mol. The van der Waals surface area contributed by atoms with Crippen LogP contribution < -0.4 is 10.6 Å². The Morgan fingerprint density at radius 2 is 1.71 bits per heavy atom. The van der Waals surface area contributed by atoms with Crippen molar-refractivity contribution in [2.24, 2.45) is 5.92 Å². The molecule has 0 aliphatic heterocycles. The lowest BCUT2D eigenvalue weighted by atomic mass is 9.98. The van der Waals surface area contributed by atoms with Gasteiger partial charge in [0.25, 0.3) is 0 Å². The first-order chi connectivity index (χ1) is 16.4. The normalized spacial score (nSPS) is 13.0. The van der Waals surface area contributed by atoms with Crippen molar-refractivity contribution in [3.63, 3.8) is 0 Å². The fraction of sp³-hybridized carbons (Fsp3) is 0.280. The number of hydrogen-bond donors (Lipinski definition) is 3. The molecule has 0 spiro atoms. The molecule has 1 atom stereocenters. The molecule has 1 aliphatic rings. The van der Waals surface area contributed by atoms with Gasteiger partial charge in [0.15, 0.2) is 0 Å². The minimum atomic E-state index is -0.950. The third-order valence-electron chi connectivity index (χ3n) is 5.69. The van der Waals surface area contributed by atoms with E-state index in [0.717, 1.165) is 22.3 Å². The van der Waals surface area contributed by atoms with Crippen LogP contribution in [0.3, 0.4) is 0 Å². The predicted molar refractivity (Wildman–Crippen MR) is 128 cm³/mol. The van der Waals surface area contributed by atoms with Crippen LogP contribution in [0.4, 0.5) is 4.79 Å². The maximum Gasteiger partial charge on any atom is 0.407 e. The fourth-order valence-corrected chi connectivity index (χ4v) is 4.72. The van der Waals surface area contributed by atoms with E-state index in [2.05, 4.69) is 39.9 Å². The first-order valence-corrected chi connectivity index (χ1v) is 11.8. The van der Waals surface area contributed by atoms with Gasteiger partial charge < -0.3 is 20.5 Å². The minimum Gasteiger partial charge on any atom is -0.481 e. The maximum absolute atomic E-state index is 12.3. The molecule has 9 heteroatoms. The van der Waals surface area contributed by atoms with Gasteiger partial charge >= 0.3 is 12.1 Å². The monoisotopic (exact) mass is 479 g/mol. The number of benzene rings is 2. The van der Waals surface area contributed by atoms with E-state index in [-0.39, 0.29) is 37.9 Å². The fourth-order valence-electron chi connectivity index (χ4n) is 3.98. The van der Waals surface area contributed by atoms with Crippen LogP contribution in [0.1, 0.15) is 34.7 Å². The highest BCUT2D eigenvalue weighted by Gasteiger charge is 2.29. The molecular formula is C25H25N3O5S. The Kier molecular flexibility index (Phi) is 7.22. The summed E-state index contributed by atoms with van der Waals surface area (Å²) >= 11 is 1.29. The molecule has 1 heterocycles. The van der Waals surface area contributed by atoms with Crippen LogP contribution >= 0.6 is 11.3 Å². The lowest BCUT2D eigenvalue weighted by Gasteiger charge is -2.16. The van der Waals surface area contributed by atoms with E-state index in [9.17, 15) is 14.4 Å². The summed E-state index contributed by atoms with van der Waals surface area (Å²) in [6.07, 6.45) is -0.718. The molecule has 3 aromatic rings. The van der Waals surface area contributed by atoms with Gasteiger partial charge in [-0.1, -0.05) is 55.5 Å². The number of nitrogens with one attached hydrogen (secondary N) is 2. The number of aromatic nitrogens is 1. The second kappa shape index (κ2) is 10.5. The van der Waals surface area contributed by atoms with Gasteiger partial charge in [0.2, 0.25) is 5.91 Å². The van der Waals surface area contributed by atoms with Gasteiger partial charge in [0.05, 0.1) is 24.6 Å². The number of amides is 2. The number of rotatable bonds is 9. The van der Waals surface area contributed by atoms with Gasteiger partial charge in [-0.05, 0) is 22.3 Å². The summed E-state index contributed by atoms with van der Waals surface area (Å²) in [4.78, 5) is 39.6. The number of hydrogen-bond acceptors (Lipinski definition) is 6. The van der Waals surface area contributed by atoms with Crippen LogP contribution in [0, 0.1) is 5.92 Å². The van der Waals surface area contributed by atoms with Crippen LogP contribution in [0.5, 0.6) is 0 Å². The number of aliphatic carboxylic acids is 1. The van der Waals surface area contributed by atoms with Gasteiger partial charge in [0.1, 0.15) is 11.6 Å². The van der Waals surface area contributed by atoms with Gasteiger partial charge in [-0.15, -0.1) is 11.3 Å². The van der Waals surface area contributed by atoms with E-state index < -0.39 is 18.0 Å². The number of fused-ring (bicyclic) bond motifs is 3. The number of alkyl carbamates (subject to hydrolysis) is 1. The first-order valence-electron chi connectivity index (χ1n) is 10.9. The Morgan fingerprint density at radius 1 is 1.06 bits per heavy atom. The zero-order valence-electron chi connectivity index (χ0n) is 18.6. The summed E-state index contributed by atoms with van der Waals surface area (Å²) in [7, 11) is 0. The first kappa shape index (κ1) is 23.4. The van der Waals surface area contributed by atoms with Gasteiger partial charge in [-0.3, -0.25) is 9.59 Å². The Bertz CT molecular complexity index is 1160. The van der Waals surface area contributed by atoms with Crippen molar-refractivity contribution >= 4 is 29.3 Å². The topological polar surface area (TPSA) is 118 Å². The summed E-state index contributed by atoms with van der Waals surface area (Å²) < 4.78 is 5.50. The molecule has 0 saturated carbocycles. The summed E-state index contributed by atoms with van der Waals surface area (Å²) in [5.74, 6) is -1.69. The van der Waals surface area contributed by atoms with E-state index in [1.807, 2.05) is 24.3 Å². The zero-order valence-corrected chi connectivity index (χ0v) is 19.4. The van der Waals surface area contributed by atoms with E-state index in [1.165, 1.54) is 11.3 Å². The molecule has 3 N–H and O–H groups in total. The van der Waals surface area contributed by atoms with Crippen molar-refractivity contribution in [3.8, 4) is 11.1 Å². The second-order valence-corrected chi connectivity index (χ2v) is 9.07. The Balaban J connectivity index is 1.23. The molecule has 0 fully saturated rings. The SMILES string of the molecule is CC(CNC(=O)OCC1c2ccccc2-c2ccccc21)C(=O)NCc1nc(CC(=O)O)cs1. The minimum absolute atomic E-state index is 0.0248. The van der Waals surface area contributed by atoms with E-state index in [1.54, 1.807) is 12.3 Å². The van der Waals surface area contributed by atoms with Gasteiger partial charge in [-0.2, -0.15) is 0 Å². The molecule has 1 aliphatic carbocycles. The molecule has 0 saturated heterocycles. The predicted octanol–water partition coefficient (Wildman–Crippen LogP) is 3.56. The smallest absolute Gasteiger partial charge is 0.407 e. The Morgan fingerprint density at radius 3 is 2.35 bits per heavy atom. The highest BCUT2D eigenvalue weighted by atomic mass is 32.1. The molecule has 34 heavy (non-hydrogen) atoms. The number of nitrogens with zero attached hydrogens (tertiary/aromatic N) is 1. The molecule has 2 amide bonds. The molecule has 8 nitrogen and oxygen atoms in total. The molecule has 1 unspecified atom stereocenters. The van der Waals surface area contributed by atoms with Gasteiger partial charge in [0, 0.05) is 17.8 Å². The van der Waals surface area contributed by atoms with Crippen molar-refractivity contribution in [2.75, 3.05) is 13.2 Å². The highest BCUT2D eigenvalue weighted by molar-refractivity contribution is 7.09. The van der Waals surface area contributed by atoms with Crippen molar-refractivity contribution < 1.29 is 24.2 Å². The number of ether oxygens (including phenoxy) is 1. The third kappa shape index (κ3) is 5.43. The number of carboxylic acids is 1. The summed E-state index contributed by atoms with van der Waals surface area (Å²) in [6, 6.07) is 16.2. The second-order valence-electron chi connectivity index (χ2n) is 8.13. The van der Waals surface area contributed by atoms with E-state index in [4.69, 9.17) is 9.84 Å². The van der Waals surface area contributed by atoms with E-state index in [0.29, 0.717) is 10.7 Å². The van der Waals surface area contributed by atoms with Crippen LogP contribution in [0.25, 0.3) is 11.1 Å². The number of carbonyl (C=O) groups is 3. The maximum atomic E-state index is 12.3. The molecule has 1 aromatic heterocycles. The third-order valence-corrected chi connectivity index (χ3v) is 6.59. The summed E-state index contributed by atoms with van der Waals surface area (Å²) in [6.45, 7) is 2.25. The van der Waals surface area contributed by atoms with Crippen LogP contribution in [0.2, 0.25) is 0 Å². The van der Waals surface area contributed by atoms with Crippen molar-refractivity contribution in [1.29, 1.82) is 0 Å². The van der Waals surface area contributed by atoms with Crippen LogP contribution in [0.15, 0.2) is 53.9 Å². The number of carboxylic acid groups (broad SMARTS) is 1. The molecule has 2 aromatic carbocycles. The van der Waals surface area contributed by atoms with E-state index >= 15 is 0 Å². The van der Waals surface area contributed by atoms with Crippen LogP contribution in [-0.4, -0.2) is 41.2 Å². The molecular weight excluding hydrogens is 454 g/mol. The zero-order chi connectivity index (χ0) is 24.1. The number of carbonyl (C=O) groups excluding carboxylic acids is 2. The Hall–Kier alpha value is -3.72. The lowest BCUT2D eigenvalue weighted by molar-refractivity contribution is -0.136. The van der Waals surface area contributed by atoms with Crippen molar-refractivity contribution in [3.05, 3.63) is 75.7 Å². The average Bonchev–Trinajstić information content (AvgIpc) is 3.41. The van der Waals surface area contributed by atoms with Crippen molar-refractivity contribution in [1.82, 2.24) is 15.6 Å². The lowest BCUT2D eigenvalue weighted by Crippen LogP contribution is -2.37. The standard InChI is InChI=1S/C25H25N3O5S/c1-15(24(31)26-12-22-28-16(14-34-22)10-23(29)30)11-27-25(32)33-13-21-19-8-4-2-6-17(19)18-7-3-5-9-20(18)21/h2-9,14-15,21H,10-13H2,1H3,(H,26,31)(H,27,32)(H,29,30). The highest BCUT2D eigenvalue weighted by Crippen LogP contribution is 2.44. The quantitative estimate of drug-likeness (QED) is 0.432. The number of thiazole rings is 1. The summed E-state index contributed by atoms with van der Waals surface area (Å²) in [5, 5.41) is 16.5. The molecule has 4 rings (SSSR count). The largest absolute Gasteiger partial charge is 0.481 e.